The smallest absolute Gasteiger partial charge is 0.323 e. The predicted molar refractivity (Wildman–Crippen MR) is 104 cm³/mol. The van der Waals surface area contributed by atoms with Crippen molar-refractivity contribution in [3.8, 4) is 0 Å². The Kier molecular flexibility index (Phi) is 7.12. The van der Waals surface area contributed by atoms with Crippen LogP contribution in [0.3, 0.4) is 0 Å². The third-order valence-corrected chi connectivity index (χ3v) is 5.47. The summed E-state index contributed by atoms with van der Waals surface area (Å²) < 4.78 is 3.19. The maximum Gasteiger partial charge on any atom is 0.343 e. The first kappa shape index (κ1) is 19.3. The molecule has 24 heavy (non-hydrogen) atoms. The molecule has 9 heteroatoms. The number of thioether (sulfide) groups is 1. The van der Waals surface area contributed by atoms with Gasteiger partial charge in [0.05, 0.1) is 11.4 Å². The number of nitrogens with one attached hydrogen (secondary N) is 2. The summed E-state index contributed by atoms with van der Waals surface area (Å²) in [5.41, 5.74) is 1.53. The highest BCUT2D eigenvalue weighted by Crippen LogP contribution is 2.32. The number of amides is 1. The number of aromatic nitrogens is 3. The summed E-state index contributed by atoms with van der Waals surface area (Å²) in [7, 11) is 0. The number of aryl methyl sites for hydroxylation is 1. The summed E-state index contributed by atoms with van der Waals surface area (Å²) in [4.78, 5) is 23.9. The molecule has 0 radical (unpaired) electrons. The molecular formula is C15H18Br2N4O2S. The van der Waals surface area contributed by atoms with E-state index in [0.29, 0.717) is 17.4 Å². The molecule has 0 spiro atoms. The first-order valence-electron chi connectivity index (χ1n) is 7.46. The Hall–Kier alpha value is -1.06. The van der Waals surface area contributed by atoms with Crippen LogP contribution < -0.4 is 11.0 Å². The highest BCUT2D eigenvalue weighted by Gasteiger charge is 2.13. The second-order valence-electron chi connectivity index (χ2n) is 5.26. The molecule has 1 amide bonds. The number of aromatic amines is 1. The second-order valence-corrected chi connectivity index (χ2v) is 7.91. The minimum Gasteiger partial charge on any atom is -0.323 e. The van der Waals surface area contributed by atoms with Crippen molar-refractivity contribution in [1.82, 2.24) is 14.8 Å². The number of rotatable bonds is 7. The average Bonchev–Trinajstić information content (AvgIpc) is 2.87. The Bertz CT molecular complexity index is 765. The monoisotopic (exact) mass is 476 g/mol. The zero-order valence-electron chi connectivity index (χ0n) is 13.4. The van der Waals surface area contributed by atoms with Crippen LogP contribution in [0.15, 0.2) is 31.0 Å². The number of anilines is 1. The van der Waals surface area contributed by atoms with Gasteiger partial charge in [-0.1, -0.05) is 25.1 Å². The van der Waals surface area contributed by atoms with Crippen LogP contribution in [0.5, 0.6) is 0 Å². The van der Waals surface area contributed by atoms with Crippen molar-refractivity contribution >= 4 is 55.2 Å². The fraction of sp³-hybridized carbons (Fsp3) is 0.400. The van der Waals surface area contributed by atoms with Crippen molar-refractivity contribution in [1.29, 1.82) is 0 Å². The number of benzene rings is 1. The van der Waals surface area contributed by atoms with Gasteiger partial charge in [-0.25, -0.2) is 9.89 Å². The number of halogens is 2. The van der Waals surface area contributed by atoms with E-state index in [9.17, 15) is 9.59 Å². The molecule has 0 aliphatic heterocycles. The maximum absolute atomic E-state index is 12.2. The topological polar surface area (TPSA) is 79.8 Å². The van der Waals surface area contributed by atoms with Crippen molar-refractivity contribution in [3.63, 3.8) is 0 Å². The van der Waals surface area contributed by atoms with Crippen molar-refractivity contribution in [3.05, 3.63) is 37.1 Å². The zero-order chi connectivity index (χ0) is 17.7. The molecule has 2 aromatic rings. The van der Waals surface area contributed by atoms with E-state index in [0.717, 1.165) is 27.4 Å². The van der Waals surface area contributed by atoms with E-state index in [4.69, 9.17) is 0 Å². The van der Waals surface area contributed by atoms with E-state index in [1.807, 2.05) is 19.1 Å². The van der Waals surface area contributed by atoms with Gasteiger partial charge < -0.3 is 5.32 Å². The molecule has 130 valence electrons. The lowest BCUT2D eigenvalue weighted by atomic mass is 10.2. The minimum atomic E-state index is -0.240. The summed E-state index contributed by atoms with van der Waals surface area (Å²) in [6.45, 7) is 4.64. The Morgan fingerprint density at radius 3 is 2.67 bits per heavy atom. The van der Waals surface area contributed by atoms with E-state index in [1.54, 1.807) is 4.57 Å². The van der Waals surface area contributed by atoms with Crippen LogP contribution >= 0.6 is 43.6 Å². The molecule has 0 aliphatic rings. The Morgan fingerprint density at radius 2 is 2.04 bits per heavy atom. The summed E-state index contributed by atoms with van der Waals surface area (Å²) in [6.07, 6.45) is 1.88. The molecule has 1 aromatic heterocycles. The van der Waals surface area contributed by atoms with E-state index in [2.05, 4.69) is 54.3 Å². The minimum absolute atomic E-state index is 0.164. The summed E-state index contributed by atoms with van der Waals surface area (Å²) in [5.74, 6) is 0.00569. The van der Waals surface area contributed by atoms with Gasteiger partial charge in [-0.3, -0.25) is 9.36 Å². The number of unbranched alkanes of at least 4 members (excludes halogenated alkanes) is 1. The Labute approximate surface area is 161 Å². The lowest BCUT2D eigenvalue weighted by Gasteiger charge is -2.10. The fourth-order valence-corrected chi connectivity index (χ4v) is 4.44. The first-order chi connectivity index (χ1) is 11.4. The van der Waals surface area contributed by atoms with E-state index in [1.165, 1.54) is 11.8 Å². The van der Waals surface area contributed by atoms with Gasteiger partial charge in [-0.2, -0.15) is 0 Å². The van der Waals surface area contributed by atoms with E-state index >= 15 is 0 Å². The highest BCUT2D eigenvalue weighted by molar-refractivity contribution is 9.11. The third-order valence-electron chi connectivity index (χ3n) is 3.24. The second kappa shape index (κ2) is 8.87. The van der Waals surface area contributed by atoms with Gasteiger partial charge in [-0.05, 0) is 62.9 Å². The lowest BCUT2D eigenvalue weighted by Crippen LogP contribution is -2.19. The lowest BCUT2D eigenvalue weighted by molar-refractivity contribution is -0.113. The number of nitrogens with zero attached hydrogens (tertiary/aromatic N) is 2. The molecule has 2 N–H and O–H groups in total. The van der Waals surface area contributed by atoms with Gasteiger partial charge >= 0.3 is 5.69 Å². The molecule has 0 fully saturated rings. The molecule has 0 bridgehead atoms. The number of hydrogen-bond acceptors (Lipinski definition) is 4. The normalized spacial score (nSPS) is 10.8. The first-order valence-corrected chi connectivity index (χ1v) is 10.0. The van der Waals surface area contributed by atoms with Gasteiger partial charge in [0, 0.05) is 15.5 Å². The summed E-state index contributed by atoms with van der Waals surface area (Å²) >= 11 is 8.14. The molecular weight excluding hydrogens is 460 g/mol. The van der Waals surface area contributed by atoms with Crippen molar-refractivity contribution < 1.29 is 4.79 Å². The van der Waals surface area contributed by atoms with E-state index < -0.39 is 0 Å². The third kappa shape index (κ3) is 4.97. The number of carbonyl (C=O) groups excluding carboxylic acids is 1. The van der Waals surface area contributed by atoms with Gasteiger partial charge in [-0.15, -0.1) is 5.10 Å². The zero-order valence-corrected chi connectivity index (χ0v) is 17.3. The SMILES string of the molecule is CCCCn1c(SCC(=O)Nc2c(Br)cc(C)cc2Br)n[nH]c1=O. The Balaban J connectivity index is 2.01. The molecule has 0 aliphatic carbocycles. The highest BCUT2D eigenvalue weighted by atomic mass is 79.9. The molecule has 1 aromatic carbocycles. The Morgan fingerprint density at radius 1 is 1.38 bits per heavy atom. The number of hydrogen-bond donors (Lipinski definition) is 2. The molecule has 6 nitrogen and oxygen atoms in total. The number of H-pyrrole nitrogens is 1. The van der Waals surface area contributed by atoms with Crippen molar-refractivity contribution in [2.75, 3.05) is 11.1 Å². The average molecular weight is 478 g/mol. The fourth-order valence-electron chi connectivity index (χ4n) is 2.05. The van der Waals surface area contributed by atoms with Crippen LogP contribution in [0.2, 0.25) is 0 Å². The van der Waals surface area contributed by atoms with E-state index in [-0.39, 0.29) is 17.3 Å². The van der Waals surface area contributed by atoms with Crippen LogP contribution in [0.4, 0.5) is 5.69 Å². The molecule has 2 rings (SSSR count). The van der Waals surface area contributed by atoms with Crippen LogP contribution in [-0.4, -0.2) is 26.4 Å². The molecule has 0 saturated carbocycles. The van der Waals surface area contributed by atoms with Crippen LogP contribution in [-0.2, 0) is 11.3 Å². The summed E-state index contributed by atoms with van der Waals surface area (Å²) in [5, 5.41) is 9.82. The molecule has 0 saturated heterocycles. The van der Waals surface area contributed by atoms with Crippen LogP contribution in [0.1, 0.15) is 25.3 Å². The van der Waals surface area contributed by atoms with Crippen LogP contribution in [0, 0.1) is 6.92 Å². The summed E-state index contributed by atoms with van der Waals surface area (Å²) in [6, 6.07) is 3.87. The number of carbonyl (C=O) groups is 1. The van der Waals surface area contributed by atoms with Crippen molar-refractivity contribution in [2.45, 2.75) is 38.4 Å². The standard InChI is InChI=1S/C15H18Br2N4O2S/c1-3-4-5-21-14(23)19-20-15(21)24-8-12(22)18-13-10(16)6-9(2)7-11(13)17/h6-7H,3-5,8H2,1-2H3,(H,18,22)(H,19,23). The molecule has 1 heterocycles. The predicted octanol–water partition coefficient (Wildman–Crippen LogP) is 3.94. The largest absolute Gasteiger partial charge is 0.343 e. The quantitative estimate of drug-likeness (QED) is 0.592. The van der Waals surface area contributed by atoms with Crippen molar-refractivity contribution in [2.24, 2.45) is 0 Å². The van der Waals surface area contributed by atoms with Gasteiger partial charge in [0.25, 0.3) is 0 Å². The molecule has 0 unspecified atom stereocenters. The van der Waals surface area contributed by atoms with Gasteiger partial charge in [0.1, 0.15) is 0 Å². The van der Waals surface area contributed by atoms with Gasteiger partial charge in [0.15, 0.2) is 5.16 Å². The van der Waals surface area contributed by atoms with Crippen LogP contribution in [0.25, 0.3) is 0 Å². The maximum atomic E-state index is 12.2. The molecule has 0 atom stereocenters. The van der Waals surface area contributed by atoms with Gasteiger partial charge in [0.2, 0.25) is 5.91 Å².